The summed E-state index contributed by atoms with van der Waals surface area (Å²) in [5.41, 5.74) is 0.677. The summed E-state index contributed by atoms with van der Waals surface area (Å²) in [5, 5.41) is 0. The molecule has 1 amide bonds. The number of para-hydroxylation sites is 1. The van der Waals surface area contributed by atoms with Crippen molar-refractivity contribution in [2.75, 3.05) is 20.8 Å². The maximum atomic E-state index is 12.2. The van der Waals surface area contributed by atoms with Crippen molar-refractivity contribution in [1.82, 2.24) is 4.90 Å². The zero-order chi connectivity index (χ0) is 19.0. The summed E-state index contributed by atoms with van der Waals surface area (Å²) in [6.45, 7) is 7.42. The topological polar surface area (TPSA) is 65.1 Å². The Labute approximate surface area is 149 Å². The van der Waals surface area contributed by atoms with Crippen LogP contribution in [0.25, 0.3) is 6.08 Å². The van der Waals surface area contributed by atoms with Crippen molar-refractivity contribution < 1.29 is 23.8 Å². The van der Waals surface area contributed by atoms with Crippen LogP contribution in [-0.2, 0) is 14.3 Å². The minimum atomic E-state index is -0.592. The Morgan fingerprint density at radius 3 is 2.24 bits per heavy atom. The van der Waals surface area contributed by atoms with Crippen LogP contribution in [0.1, 0.15) is 33.3 Å². The molecule has 1 aromatic rings. The number of hydrogen-bond donors (Lipinski definition) is 0. The van der Waals surface area contributed by atoms with Gasteiger partial charge < -0.3 is 19.1 Å². The first-order valence-electron chi connectivity index (χ1n) is 8.18. The van der Waals surface area contributed by atoms with E-state index in [-0.39, 0.29) is 24.6 Å². The molecule has 0 unspecified atom stereocenters. The van der Waals surface area contributed by atoms with Crippen LogP contribution < -0.4 is 9.47 Å². The smallest absolute Gasteiger partial charge is 0.331 e. The quantitative estimate of drug-likeness (QED) is 0.533. The number of amides is 1. The molecule has 6 heteroatoms. The second kappa shape index (κ2) is 9.71. The van der Waals surface area contributed by atoms with Crippen LogP contribution in [-0.4, -0.2) is 49.7 Å². The molecule has 0 aliphatic rings. The third kappa shape index (κ3) is 5.81. The van der Waals surface area contributed by atoms with Gasteiger partial charge in [-0.15, -0.1) is 0 Å². The Morgan fingerprint density at radius 1 is 1.08 bits per heavy atom. The predicted octanol–water partition coefficient (Wildman–Crippen LogP) is 2.91. The van der Waals surface area contributed by atoms with Gasteiger partial charge in [-0.2, -0.15) is 0 Å². The molecule has 0 bridgehead atoms. The van der Waals surface area contributed by atoms with E-state index in [2.05, 4.69) is 0 Å². The fourth-order valence-electron chi connectivity index (χ4n) is 2.63. The van der Waals surface area contributed by atoms with Gasteiger partial charge >= 0.3 is 5.97 Å². The zero-order valence-corrected chi connectivity index (χ0v) is 15.7. The summed E-state index contributed by atoms with van der Waals surface area (Å²) in [5.74, 6) is 0.282. The molecule has 0 aliphatic heterocycles. The third-order valence-electron chi connectivity index (χ3n) is 3.57. The van der Waals surface area contributed by atoms with Gasteiger partial charge in [0, 0.05) is 23.7 Å². The van der Waals surface area contributed by atoms with Crippen molar-refractivity contribution in [3.8, 4) is 11.5 Å². The minimum Gasteiger partial charge on any atom is -0.493 e. The molecule has 0 aromatic heterocycles. The van der Waals surface area contributed by atoms with E-state index in [1.165, 1.54) is 13.2 Å². The van der Waals surface area contributed by atoms with Gasteiger partial charge in [0.15, 0.2) is 18.1 Å². The normalized spacial score (nSPS) is 11.0. The molecule has 0 spiro atoms. The fourth-order valence-corrected chi connectivity index (χ4v) is 2.63. The molecular formula is C19H27NO5. The van der Waals surface area contributed by atoms with Gasteiger partial charge in [0.1, 0.15) is 0 Å². The van der Waals surface area contributed by atoms with Gasteiger partial charge in [-0.05, 0) is 39.8 Å². The van der Waals surface area contributed by atoms with Gasteiger partial charge in [0.25, 0.3) is 5.91 Å². The van der Waals surface area contributed by atoms with E-state index in [1.807, 2.05) is 27.7 Å². The van der Waals surface area contributed by atoms with E-state index in [0.29, 0.717) is 17.1 Å². The summed E-state index contributed by atoms with van der Waals surface area (Å²) >= 11 is 0. The Kier molecular flexibility index (Phi) is 7.98. The van der Waals surface area contributed by atoms with Crippen molar-refractivity contribution in [2.24, 2.45) is 0 Å². The van der Waals surface area contributed by atoms with E-state index in [1.54, 1.807) is 36.3 Å². The first kappa shape index (κ1) is 20.5. The van der Waals surface area contributed by atoms with E-state index >= 15 is 0 Å². The molecule has 0 saturated heterocycles. The van der Waals surface area contributed by atoms with Crippen molar-refractivity contribution in [2.45, 2.75) is 39.8 Å². The monoisotopic (exact) mass is 349 g/mol. The summed E-state index contributed by atoms with van der Waals surface area (Å²) in [4.78, 5) is 25.7. The molecule has 0 atom stereocenters. The van der Waals surface area contributed by atoms with Crippen LogP contribution in [0.3, 0.4) is 0 Å². The van der Waals surface area contributed by atoms with E-state index in [9.17, 15) is 9.59 Å². The number of hydrogen-bond acceptors (Lipinski definition) is 5. The lowest BCUT2D eigenvalue weighted by atomic mass is 10.1. The second-order valence-corrected chi connectivity index (χ2v) is 6.01. The molecule has 0 radical (unpaired) electrons. The predicted molar refractivity (Wildman–Crippen MR) is 96.7 cm³/mol. The summed E-state index contributed by atoms with van der Waals surface area (Å²) in [6.07, 6.45) is 2.83. The molecule has 1 rings (SSSR count). The molecule has 0 N–H and O–H groups in total. The highest BCUT2D eigenvalue weighted by molar-refractivity contribution is 5.90. The van der Waals surface area contributed by atoms with Gasteiger partial charge in [0.2, 0.25) is 0 Å². The summed E-state index contributed by atoms with van der Waals surface area (Å²) < 4.78 is 15.5. The Balaban J connectivity index is 2.72. The first-order chi connectivity index (χ1) is 11.8. The molecule has 6 nitrogen and oxygen atoms in total. The van der Waals surface area contributed by atoms with E-state index < -0.39 is 5.97 Å². The van der Waals surface area contributed by atoms with Crippen molar-refractivity contribution in [3.63, 3.8) is 0 Å². The lowest BCUT2D eigenvalue weighted by Crippen LogP contribution is -2.44. The second-order valence-electron chi connectivity index (χ2n) is 6.01. The Bertz CT molecular complexity index is 614. The highest BCUT2D eigenvalue weighted by atomic mass is 16.5. The Morgan fingerprint density at radius 2 is 1.72 bits per heavy atom. The minimum absolute atomic E-state index is 0.0442. The van der Waals surface area contributed by atoms with Crippen molar-refractivity contribution >= 4 is 18.0 Å². The van der Waals surface area contributed by atoms with Gasteiger partial charge in [-0.1, -0.05) is 12.1 Å². The maximum absolute atomic E-state index is 12.2. The molecular weight excluding hydrogens is 322 g/mol. The zero-order valence-electron chi connectivity index (χ0n) is 15.7. The van der Waals surface area contributed by atoms with Crippen LogP contribution >= 0.6 is 0 Å². The third-order valence-corrected chi connectivity index (χ3v) is 3.57. The number of esters is 1. The summed E-state index contributed by atoms with van der Waals surface area (Å²) in [6, 6.07) is 5.43. The highest BCUT2D eigenvalue weighted by Crippen LogP contribution is 2.31. The van der Waals surface area contributed by atoms with Crippen LogP contribution in [0.15, 0.2) is 24.3 Å². The number of rotatable bonds is 8. The van der Waals surface area contributed by atoms with Crippen molar-refractivity contribution in [1.29, 1.82) is 0 Å². The SMILES string of the molecule is COc1cccc(/C=C/C(=O)OCC(=O)N(C(C)C)C(C)C)c1OC. The van der Waals surface area contributed by atoms with E-state index in [0.717, 1.165) is 0 Å². The fraction of sp³-hybridized carbons (Fsp3) is 0.474. The number of carbonyl (C=O) groups excluding carboxylic acids is 2. The molecule has 138 valence electrons. The lowest BCUT2D eigenvalue weighted by molar-refractivity contribution is -0.150. The van der Waals surface area contributed by atoms with Gasteiger partial charge in [0.05, 0.1) is 14.2 Å². The van der Waals surface area contributed by atoms with Crippen LogP contribution in [0.2, 0.25) is 0 Å². The highest BCUT2D eigenvalue weighted by Gasteiger charge is 2.20. The number of benzene rings is 1. The maximum Gasteiger partial charge on any atom is 0.331 e. The number of carbonyl (C=O) groups is 2. The number of methoxy groups -OCH3 is 2. The first-order valence-corrected chi connectivity index (χ1v) is 8.18. The molecule has 0 aliphatic carbocycles. The van der Waals surface area contributed by atoms with Crippen LogP contribution in [0.4, 0.5) is 0 Å². The van der Waals surface area contributed by atoms with Gasteiger partial charge in [-0.25, -0.2) is 4.79 Å². The standard InChI is InChI=1S/C19H27NO5/c1-13(2)20(14(3)4)17(21)12-25-18(22)11-10-15-8-7-9-16(23-5)19(15)24-6/h7-11,13-14H,12H2,1-6H3/b11-10+. The van der Waals surface area contributed by atoms with Crippen LogP contribution in [0.5, 0.6) is 11.5 Å². The average Bonchev–Trinajstić information content (AvgIpc) is 2.56. The molecule has 25 heavy (non-hydrogen) atoms. The average molecular weight is 349 g/mol. The van der Waals surface area contributed by atoms with Crippen LogP contribution in [0, 0.1) is 0 Å². The molecule has 1 aromatic carbocycles. The Hall–Kier alpha value is -2.50. The molecule has 0 fully saturated rings. The molecule has 0 heterocycles. The number of ether oxygens (including phenoxy) is 3. The molecule has 0 saturated carbocycles. The van der Waals surface area contributed by atoms with E-state index in [4.69, 9.17) is 14.2 Å². The lowest BCUT2D eigenvalue weighted by Gasteiger charge is -2.30. The summed E-state index contributed by atoms with van der Waals surface area (Å²) in [7, 11) is 3.07. The van der Waals surface area contributed by atoms with Crippen molar-refractivity contribution in [3.05, 3.63) is 29.8 Å². The number of nitrogens with zero attached hydrogens (tertiary/aromatic N) is 1. The van der Waals surface area contributed by atoms with Gasteiger partial charge in [-0.3, -0.25) is 4.79 Å². The largest absolute Gasteiger partial charge is 0.493 e.